The number of carboxylic acid groups (broad SMARTS) is 2. The number of aryl methyl sites for hydroxylation is 3. The number of piperazine rings is 3. The van der Waals surface area contributed by atoms with Crippen LogP contribution in [0.25, 0.3) is 16.7 Å². The second-order valence-electron chi connectivity index (χ2n) is 39.9. The Balaban J connectivity index is 0.000000212. The minimum atomic E-state index is -1.20. The SMILES string of the molecule is CC(C)(C)OC(=O)N1CC2C=C(c3ccc(CCCOc4c(F)ccc(F)c4Cl)cc3)C(C(=O)O)C(C1)N2C(=O)OC(C)(C)C.CC(C)(C)OC(=O)N1CC2CC(c3ccc(CCCOc4c(F)ccc(F)c4Cl)cc3)=C(C(=O)O)C(C1)N2C(=O)OC(C)(C)C.CCOC(=O)C1=C(c2ccc(CCCOc3c(F)ccc(F)c3Cl)cc2)CC2CN(C(=O)OC(C)(C)C)CC1N2C(=O)OC(C)(C)C. The van der Waals surface area contributed by atoms with Crippen LogP contribution in [0.15, 0.2) is 126 Å². The number of carbonyl (C=O) groups excluding carboxylic acids is 7. The summed E-state index contributed by atoms with van der Waals surface area (Å²) in [5.41, 5.74) is 2.47. The first kappa shape index (κ1) is 107. The lowest BCUT2D eigenvalue weighted by Crippen LogP contribution is -2.66. The molecule has 7 unspecified atom stereocenters. The number of carboxylic acids is 2. The molecule has 3 fully saturated rings. The number of hydrogen-bond acceptors (Lipinski definition) is 19. The number of benzene rings is 6. The minimum Gasteiger partial charge on any atom is -0.489 e. The van der Waals surface area contributed by atoms with Gasteiger partial charge in [-0.25, -0.2) is 64.7 Å². The highest BCUT2D eigenvalue weighted by Crippen LogP contribution is 2.46. The van der Waals surface area contributed by atoms with Crippen LogP contribution < -0.4 is 14.2 Å². The normalized spacial score (nSPS) is 18.9. The van der Waals surface area contributed by atoms with Gasteiger partial charge in [-0.1, -0.05) is 114 Å². The van der Waals surface area contributed by atoms with Gasteiger partial charge >= 0.3 is 54.5 Å². The van der Waals surface area contributed by atoms with Crippen LogP contribution in [0.2, 0.25) is 15.1 Å². The predicted molar refractivity (Wildman–Crippen MR) is 502 cm³/mol. The molecule has 0 aromatic heterocycles. The number of carbonyl (C=O) groups is 9. The van der Waals surface area contributed by atoms with Crippen LogP contribution in [-0.4, -0.2) is 230 Å². The van der Waals surface area contributed by atoms with Gasteiger partial charge in [-0.05, 0) is 269 Å². The van der Waals surface area contributed by atoms with E-state index in [1.165, 1.54) is 24.5 Å². The topological polar surface area (TPSA) is 306 Å². The third kappa shape index (κ3) is 28.6. The Kier molecular flexibility index (Phi) is 34.9. The number of nitrogens with zero attached hydrogens (tertiary/aromatic N) is 6. The molecule has 6 aromatic carbocycles. The summed E-state index contributed by atoms with van der Waals surface area (Å²) in [5, 5.41) is 19.7. The molecule has 6 bridgehead atoms. The van der Waals surface area contributed by atoms with Crippen LogP contribution in [0.5, 0.6) is 17.2 Å². The zero-order valence-electron chi connectivity index (χ0n) is 80.5. The summed E-state index contributed by atoms with van der Waals surface area (Å²) in [5.74, 6) is -9.54. The number of fused-ring (bicyclic) bond motifs is 6. The minimum absolute atomic E-state index is 0.0144. The van der Waals surface area contributed by atoms with Crippen LogP contribution in [0.1, 0.15) is 197 Å². The van der Waals surface area contributed by atoms with Gasteiger partial charge in [-0.3, -0.25) is 19.5 Å². The smallest absolute Gasteiger partial charge is 0.411 e. The second-order valence-corrected chi connectivity index (χ2v) is 41.0. The Morgan fingerprint density at radius 1 is 0.372 bits per heavy atom. The largest absolute Gasteiger partial charge is 0.489 e. The van der Waals surface area contributed by atoms with Crippen molar-refractivity contribution in [1.82, 2.24) is 29.4 Å². The standard InChI is InChI=1S/C35H43ClF2N2O7.2C33H39ClF2N2O7/c1-8-44-31(41)28-24(22-13-11-21(12-14-22)10-9-17-45-30-26(38)16-15-25(37)29(30)36)18-23-19-39(32(42)46-34(2,3)4)20-27(28)40(23)33(43)47-35(5,6)7;2*1-32(2,3)44-30(41)37-17-21-16-22(26(29(39)40)25(18-37)38(21)31(42)45-33(4,5)6)20-11-9-19(10-12-20)8-7-15-43-28-24(36)14-13-23(35)27(28)34/h11-16,23,27H,8-10,17-20H2,1-7H3;9-14,21,25H,7-8,15-18H2,1-6H3,(H,39,40);9-14,16,21,25-26H,7-8,15,17-18H2,1-6H3,(H,39,40). The van der Waals surface area contributed by atoms with Gasteiger partial charge in [0.1, 0.15) is 72.0 Å². The number of aliphatic carboxylic acids is 2. The summed E-state index contributed by atoms with van der Waals surface area (Å²) in [6.45, 7) is 34.1. The molecule has 27 nitrogen and oxygen atoms in total. The van der Waals surface area contributed by atoms with E-state index in [4.69, 9.17) is 82.2 Å². The highest BCUT2D eigenvalue weighted by Gasteiger charge is 2.54. The van der Waals surface area contributed by atoms with Crippen LogP contribution in [0, 0.1) is 40.8 Å². The molecule has 744 valence electrons. The summed E-state index contributed by atoms with van der Waals surface area (Å²) in [6.07, 6.45) is 1.80. The van der Waals surface area contributed by atoms with Gasteiger partial charge in [0.05, 0.1) is 73.8 Å². The zero-order chi connectivity index (χ0) is 101. The molecule has 6 aliphatic rings. The number of esters is 1. The third-order valence-electron chi connectivity index (χ3n) is 22.2. The molecule has 0 spiro atoms. The maximum Gasteiger partial charge on any atom is 0.411 e. The van der Waals surface area contributed by atoms with E-state index >= 15 is 0 Å². The van der Waals surface area contributed by atoms with Crippen molar-refractivity contribution in [3.05, 3.63) is 210 Å². The molecule has 2 N–H and O–H groups in total. The highest BCUT2D eigenvalue weighted by atomic mass is 35.5. The average molecular weight is 1980 g/mol. The summed E-state index contributed by atoms with van der Waals surface area (Å²) < 4.78 is 138. The predicted octanol–water partition coefficient (Wildman–Crippen LogP) is 21.6. The Bertz CT molecular complexity index is 5480. The van der Waals surface area contributed by atoms with Gasteiger partial charge in [0, 0.05) is 39.3 Å². The highest BCUT2D eigenvalue weighted by molar-refractivity contribution is 6.33. The van der Waals surface area contributed by atoms with Crippen molar-refractivity contribution < 1.29 is 127 Å². The van der Waals surface area contributed by atoms with Gasteiger partial charge in [0.15, 0.2) is 34.7 Å². The van der Waals surface area contributed by atoms with Crippen molar-refractivity contribution in [2.45, 2.75) is 253 Å². The van der Waals surface area contributed by atoms with Gasteiger partial charge in [0.25, 0.3) is 0 Å². The van der Waals surface area contributed by atoms with Crippen LogP contribution in [-0.2, 0) is 66.8 Å². The maximum atomic E-state index is 14.0. The zero-order valence-corrected chi connectivity index (χ0v) is 82.7. The first-order chi connectivity index (χ1) is 63.9. The fourth-order valence-electron chi connectivity index (χ4n) is 16.6. The van der Waals surface area contributed by atoms with Crippen molar-refractivity contribution in [3.63, 3.8) is 0 Å². The number of amides is 6. The van der Waals surface area contributed by atoms with E-state index in [0.29, 0.717) is 60.8 Å². The van der Waals surface area contributed by atoms with Crippen molar-refractivity contribution in [1.29, 1.82) is 0 Å². The molecule has 7 atom stereocenters. The molecule has 6 heterocycles. The summed E-state index contributed by atoms with van der Waals surface area (Å²) in [6, 6.07) is 23.7. The van der Waals surface area contributed by atoms with Gasteiger partial charge in [-0.2, -0.15) is 0 Å². The van der Waals surface area contributed by atoms with E-state index in [0.717, 1.165) is 64.2 Å². The third-order valence-corrected chi connectivity index (χ3v) is 23.2. The van der Waals surface area contributed by atoms with E-state index in [1.54, 1.807) is 143 Å². The van der Waals surface area contributed by atoms with Crippen LogP contribution >= 0.6 is 34.8 Å². The van der Waals surface area contributed by atoms with E-state index in [9.17, 15) is 79.7 Å². The molecular formula is C101H121Cl3F6N6O21. The lowest BCUT2D eigenvalue weighted by Gasteiger charge is -2.50. The maximum absolute atomic E-state index is 14.0. The van der Waals surface area contributed by atoms with E-state index < -0.39 is 180 Å². The molecule has 6 aromatic rings. The second kappa shape index (κ2) is 44.5. The molecule has 6 amide bonds. The molecule has 0 radical (unpaired) electrons. The molecule has 36 heteroatoms. The van der Waals surface area contributed by atoms with Crippen molar-refractivity contribution in [3.8, 4) is 17.2 Å². The van der Waals surface area contributed by atoms with Crippen molar-refractivity contribution in [2.24, 2.45) is 5.92 Å². The Labute approximate surface area is 809 Å². The van der Waals surface area contributed by atoms with Gasteiger partial charge in [-0.15, -0.1) is 0 Å². The lowest BCUT2D eigenvalue weighted by molar-refractivity contribution is -0.143. The Morgan fingerprint density at radius 2 is 0.672 bits per heavy atom. The molecule has 0 aliphatic carbocycles. The Morgan fingerprint density at radius 3 is 0.993 bits per heavy atom. The summed E-state index contributed by atoms with van der Waals surface area (Å²) >= 11 is 17.5. The number of ether oxygens (including phenoxy) is 10. The van der Waals surface area contributed by atoms with Crippen LogP contribution in [0.4, 0.5) is 55.1 Å². The summed E-state index contributed by atoms with van der Waals surface area (Å²) in [7, 11) is 0. The molecule has 137 heavy (non-hydrogen) atoms. The van der Waals surface area contributed by atoms with Crippen molar-refractivity contribution in [2.75, 3.05) is 65.7 Å². The Hall–Kier alpha value is -11.6. The van der Waals surface area contributed by atoms with Gasteiger partial charge < -0.3 is 72.3 Å². The quantitative estimate of drug-likeness (QED) is 0.0210. The van der Waals surface area contributed by atoms with Gasteiger partial charge in [0.2, 0.25) is 0 Å². The van der Waals surface area contributed by atoms with Crippen molar-refractivity contribution >= 4 is 106 Å². The molecule has 12 rings (SSSR count). The number of hydrogen-bond donors (Lipinski definition) is 2. The van der Waals surface area contributed by atoms with Crippen LogP contribution in [0.3, 0.4) is 0 Å². The first-order valence-corrected chi connectivity index (χ1v) is 46.4. The molecule has 0 saturated carbocycles. The summed E-state index contributed by atoms with van der Waals surface area (Å²) in [4.78, 5) is 127. The fourth-order valence-corrected chi connectivity index (χ4v) is 17.2. The first-order valence-electron chi connectivity index (χ1n) is 45.2. The number of halogens is 9. The molecule has 6 aliphatic heterocycles. The fraction of sp³-hybridized carbons (Fsp3) is 0.495. The van der Waals surface area contributed by atoms with E-state index in [2.05, 4.69) is 0 Å². The van der Waals surface area contributed by atoms with E-state index in [-0.39, 0.29) is 107 Å². The molecule has 3 saturated heterocycles. The van der Waals surface area contributed by atoms with E-state index in [1.807, 2.05) is 72.8 Å². The lowest BCUT2D eigenvalue weighted by atomic mass is 9.78. The molecular weight excluding hydrogens is 1850 g/mol. The monoisotopic (exact) mass is 1970 g/mol. The number of rotatable bonds is 22. The average Bonchev–Trinajstić information content (AvgIpc) is 0.747.